The maximum absolute atomic E-state index is 13.7. The maximum Gasteiger partial charge on any atom is 0.215 e. The van der Waals surface area contributed by atoms with Crippen molar-refractivity contribution < 1.29 is 18.3 Å². The minimum Gasteiger partial charge on any atom is -0.383 e. The van der Waals surface area contributed by atoms with Gasteiger partial charge in [-0.1, -0.05) is 6.07 Å². The van der Waals surface area contributed by atoms with Gasteiger partial charge in [0.15, 0.2) is 11.6 Å². The van der Waals surface area contributed by atoms with Gasteiger partial charge in [0, 0.05) is 7.11 Å². The Labute approximate surface area is 122 Å². The number of hydrogen-bond acceptors (Lipinski definition) is 3. The van der Waals surface area contributed by atoms with Gasteiger partial charge in [0.05, 0.1) is 29.4 Å². The molecule has 20 heavy (non-hydrogen) atoms. The Morgan fingerprint density at radius 1 is 1.45 bits per heavy atom. The summed E-state index contributed by atoms with van der Waals surface area (Å²) in [6.07, 6.45) is 1.43. The van der Waals surface area contributed by atoms with Gasteiger partial charge in [-0.05, 0) is 28.1 Å². The average Bonchev–Trinajstić information content (AvgIpc) is 2.80. The van der Waals surface area contributed by atoms with E-state index in [2.05, 4.69) is 21.0 Å². The molecule has 0 aliphatic carbocycles. The van der Waals surface area contributed by atoms with E-state index >= 15 is 0 Å². The largest absolute Gasteiger partial charge is 0.383 e. The Morgan fingerprint density at radius 2 is 2.20 bits per heavy atom. The predicted octanol–water partition coefficient (Wildman–Crippen LogP) is 2.80. The lowest BCUT2D eigenvalue weighted by Crippen LogP contribution is -2.16. The Morgan fingerprint density at radius 3 is 2.90 bits per heavy atom. The minimum absolute atomic E-state index is 0.159. The molecular weight excluding hydrogens is 334 g/mol. The molecule has 0 spiro atoms. The molecule has 1 aromatic heterocycles. The number of nitrogens with zero attached hydrogens (tertiary/aromatic N) is 2. The van der Waals surface area contributed by atoms with Crippen molar-refractivity contribution in [3.05, 3.63) is 51.8 Å². The summed E-state index contributed by atoms with van der Waals surface area (Å²) >= 11 is 3.19. The molecule has 1 aromatic carbocycles. The molecule has 0 radical (unpaired) electrons. The maximum atomic E-state index is 13.7. The third kappa shape index (κ3) is 2.78. The second kappa shape index (κ2) is 6.23. The van der Waals surface area contributed by atoms with Crippen LogP contribution in [0.3, 0.4) is 0 Å². The first-order valence-electron chi connectivity index (χ1n) is 5.75. The SMILES string of the molecule is COCCn1ncc(Br)c1C(=O)c1cccc(F)c1F. The van der Waals surface area contributed by atoms with Crippen molar-refractivity contribution in [2.45, 2.75) is 6.54 Å². The van der Waals surface area contributed by atoms with Crippen LogP contribution >= 0.6 is 15.9 Å². The first kappa shape index (κ1) is 14.8. The standard InChI is InChI=1S/C13H11BrF2N2O2/c1-20-6-5-18-12(9(14)7-17-18)13(19)8-3-2-4-10(15)11(8)16/h2-4,7H,5-6H2,1H3. The van der Waals surface area contributed by atoms with Gasteiger partial charge in [0.2, 0.25) is 5.78 Å². The van der Waals surface area contributed by atoms with Crippen LogP contribution < -0.4 is 0 Å². The predicted molar refractivity (Wildman–Crippen MR) is 71.6 cm³/mol. The normalized spacial score (nSPS) is 10.8. The molecule has 0 saturated carbocycles. The number of hydrogen-bond donors (Lipinski definition) is 0. The Kier molecular flexibility index (Phi) is 4.61. The molecule has 7 heteroatoms. The molecule has 4 nitrogen and oxygen atoms in total. The van der Waals surface area contributed by atoms with Crippen molar-refractivity contribution >= 4 is 21.7 Å². The molecule has 0 N–H and O–H groups in total. The fraction of sp³-hybridized carbons (Fsp3) is 0.231. The summed E-state index contributed by atoms with van der Waals surface area (Å²) in [6, 6.07) is 3.49. The van der Waals surface area contributed by atoms with E-state index in [1.54, 1.807) is 0 Å². The molecule has 0 aliphatic heterocycles. The Bertz CT molecular complexity index is 643. The van der Waals surface area contributed by atoms with Crippen LogP contribution in [0.4, 0.5) is 8.78 Å². The third-order valence-corrected chi connectivity index (χ3v) is 3.29. The lowest BCUT2D eigenvalue weighted by Gasteiger charge is -2.08. The minimum atomic E-state index is -1.16. The van der Waals surface area contributed by atoms with Crippen LogP contribution in [0.5, 0.6) is 0 Å². The molecule has 0 bridgehead atoms. The molecule has 0 atom stereocenters. The summed E-state index contributed by atoms with van der Waals surface area (Å²) in [5, 5.41) is 4.00. The van der Waals surface area contributed by atoms with Gasteiger partial charge in [0.25, 0.3) is 0 Å². The van der Waals surface area contributed by atoms with Gasteiger partial charge in [-0.2, -0.15) is 5.10 Å². The fourth-order valence-corrected chi connectivity index (χ4v) is 2.22. The van der Waals surface area contributed by atoms with E-state index in [-0.39, 0.29) is 11.3 Å². The molecule has 2 rings (SSSR count). The highest BCUT2D eigenvalue weighted by Gasteiger charge is 2.23. The van der Waals surface area contributed by atoms with E-state index in [0.29, 0.717) is 17.6 Å². The van der Waals surface area contributed by atoms with Gasteiger partial charge in [-0.25, -0.2) is 8.78 Å². The van der Waals surface area contributed by atoms with Gasteiger partial charge < -0.3 is 4.74 Å². The highest BCUT2D eigenvalue weighted by molar-refractivity contribution is 9.10. The lowest BCUT2D eigenvalue weighted by atomic mass is 10.1. The van der Waals surface area contributed by atoms with Crippen LogP contribution in [-0.4, -0.2) is 29.3 Å². The Balaban J connectivity index is 2.43. The number of carbonyl (C=O) groups is 1. The van der Waals surface area contributed by atoms with Crippen LogP contribution in [0.1, 0.15) is 16.1 Å². The molecule has 0 fully saturated rings. The number of aromatic nitrogens is 2. The first-order chi connectivity index (χ1) is 9.56. The molecule has 0 unspecified atom stereocenters. The second-order valence-corrected chi connectivity index (χ2v) is 4.84. The number of carbonyl (C=O) groups excluding carboxylic acids is 1. The number of ketones is 1. The van der Waals surface area contributed by atoms with Crippen LogP contribution in [-0.2, 0) is 11.3 Å². The number of ether oxygens (including phenoxy) is 1. The molecule has 0 saturated heterocycles. The zero-order chi connectivity index (χ0) is 14.7. The smallest absolute Gasteiger partial charge is 0.215 e. The number of rotatable bonds is 5. The van der Waals surface area contributed by atoms with Crippen molar-refractivity contribution in [1.82, 2.24) is 9.78 Å². The molecule has 1 heterocycles. The highest BCUT2D eigenvalue weighted by atomic mass is 79.9. The van der Waals surface area contributed by atoms with Gasteiger partial charge in [0.1, 0.15) is 5.69 Å². The van der Waals surface area contributed by atoms with Crippen molar-refractivity contribution in [3.63, 3.8) is 0 Å². The molecular formula is C13H11BrF2N2O2. The molecule has 0 aliphatic rings. The summed E-state index contributed by atoms with van der Waals surface area (Å²) in [5.74, 6) is -2.86. The number of halogens is 3. The summed E-state index contributed by atoms with van der Waals surface area (Å²) in [5.41, 5.74) is -0.170. The van der Waals surface area contributed by atoms with E-state index in [9.17, 15) is 13.6 Å². The van der Waals surface area contributed by atoms with Crippen molar-refractivity contribution in [2.75, 3.05) is 13.7 Å². The van der Waals surface area contributed by atoms with Crippen molar-refractivity contribution in [3.8, 4) is 0 Å². The molecule has 0 amide bonds. The zero-order valence-electron chi connectivity index (χ0n) is 10.6. The zero-order valence-corrected chi connectivity index (χ0v) is 12.2. The van der Waals surface area contributed by atoms with Crippen molar-refractivity contribution in [2.24, 2.45) is 0 Å². The van der Waals surface area contributed by atoms with Crippen LogP contribution in [0.2, 0.25) is 0 Å². The van der Waals surface area contributed by atoms with E-state index in [4.69, 9.17) is 4.74 Å². The fourth-order valence-electron chi connectivity index (χ4n) is 1.74. The molecule has 106 valence electrons. The highest BCUT2D eigenvalue weighted by Crippen LogP contribution is 2.22. The summed E-state index contributed by atoms with van der Waals surface area (Å²) < 4.78 is 33.6. The van der Waals surface area contributed by atoms with Crippen LogP contribution in [0.25, 0.3) is 0 Å². The van der Waals surface area contributed by atoms with E-state index in [0.717, 1.165) is 6.07 Å². The van der Waals surface area contributed by atoms with E-state index < -0.39 is 17.4 Å². The van der Waals surface area contributed by atoms with Crippen molar-refractivity contribution in [1.29, 1.82) is 0 Å². The lowest BCUT2D eigenvalue weighted by molar-refractivity contribution is 0.102. The summed E-state index contributed by atoms with van der Waals surface area (Å²) in [6.45, 7) is 0.681. The van der Waals surface area contributed by atoms with E-state index in [1.165, 1.54) is 30.1 Å². The monoisotopic (exact) mass is 344 g/mol. The number of benzene rings is 1. The van der Waals surface area contributed by atoms with E-state index in [1.807, 2.05) is 0 Å². The van der Waals surface area contributed by atoms with Crippen LogP contribution in [0, 0.1) is 11.6 Å². The quantitative estimate of drug-likeness (QED) is 0.783. The van der Waals surface area contributed by atoms with Gasteiger partial charge in [-0.15, -0.1) is 0 Å². The average molecular weight is 345 g/mol. The third-order valence-electron chi connectivity index (χ3n) is 2.71. The van der Waals surface area contributed by atoms with Gasteiger partial charge >= 0.3 is 0 Å². The van der Waals surface area contributed by atoms with Gasteiger partial charge in [-0.3, -0.25) is 9.48 Å². The summed E-state index contributed by atoms with van der Waals surface area (Å²) in [7, 11) is 1.52. The summed E-state index contributed by atoms with van der Waals surface area (Å²) in [4.78, 5) is 12.3. The number of methoxy groups -OCH3 is 1. The van der Waals surface area contributed by atoms with Crippen LogP contribution in [0.15, 0.2) is 28.9 Å². The topological polar surface area (TPSA) is 44.1 Å². The second-order valence-electron chi connectivity index (χ2n) is 3.99. The first-order valence-corrected chi connectivity index (χ1v) is 6.54. The molecule has 2 aromatic rings. The Hall–Kier alpha value is -1.60.